The molecular weight excluding hydrogens is 375 g/mol. The van der Waals surface area contributed by atoms with E-state index in [0.29, 0.717) is 20.4 Å². The third-order valence-corrected chi connectivity index (χ3v) is 5.79. The maximum atomic E-state index is 12.5. The molecule has 0 saturated heterocycles. The molecule has 1 aromatic heterocycles. The molecule has 0 saturated carbocycles. The zero-order chi connectivity index (χ0) is 17.6. The van der Waals surface area contributed by atoms with E-state index in [9.17, 15) is 4.79 Å². The molecule has 0 radical (unpaired) electrons. The highest BCUT2D eigenvalue weighted by Gasteiger charge is 2.12. The molecule has 25 heavy (non-hydrogen) atoms. The molecule has 124 valence electrons. The molecule has 1 amide bonds. The van der Waals surface area contributed by atoms with Crippen LogP contribution in [0.15, 0.2) is 59.6 Å². The topological polar surface area (TPSA) is 34.4 Å². The smallest absolute Gasteiger partial charge is 0.281 e. The molecule has 1 heterocycles. The van der Waals surface area contributed by atoms with E-state index in [0.717, 1.165) is 21.0 Å². The van der Waals surface area contributed by atoms with Crippen molar-refractivity contribution in [3.8, 4) is 0 Å². The number of rotatable bonds is 1. The molecule has 3 aromatic carbocycles. The minimum absolute atomic E-state index is 0.301. The largest absolute Gasteiger partial charge is 0.319 e. The van der Waals surface area contributed by atoms with Gasteiger partial charge < -0.3 is 4.57 Å². The normalized spacial score (nSPS) is 12.2. The van der Waals surface area contributed by atoms with Gasteiger partial charge in [0.05, 0.1) is 20.8 Å². The van der Waals surface area contributed by atoms with E-state index in [1.807, 2.05) is 29.8 Å². The second kappa shape index (κ2) is 6.30. The lowest BCUT2D eigenvalue weighted by Crippen LogP contribution is -2.13. The molecule has 0 aliphatic rings. The summed E-state index contributed by atoms with van der Waals surface area (Å²) in [6, 6.07) is 17.1. The van der Waals surface area contributed by atoms with Crippen LogP contribution < -0.4 is 4.80 Å². The van der Waals surface area contributed by atoms with E-state index in [-0.39, 0.29) is 5.91 Å². The van der Waals surface area contributed by atoms with Gasteiger partial charge in [0.2, 0.25) is 0 Å². The van der Waals surface area contributed by atoms with Gasteiger partial charge in [-0.2, -0.15) is 4.99 Å². The number of fused-ring (bicyclic) bond motifs is 3. The van der Waals surface area contributed by atoms with Crippen molar-refractivity contribution in [2.75, 3.05) is 0 Å². The van der Waals surface area contributed by atoms with Gasteiger partial charge >= 0.3 is 0 Å². The molecule has 0 atom stereocenters. The average Bonchev–Trinajstić information content (AvgIpc) is 2.91. The molecule has 0 spiro atoms. The van der Waals surface area contributed by atoms with E-state index < -0.39 is 0 Å². The van der Waals surface area contributed by atoms with Crippen LogP contribution in [0.5, 0.6) is 0 Å². The molecule has 0 aliphatic heterocycles. The number of thiazole rings is 1. The van der Waals surface area contributed by atoms with Crippen molar-refractivity contribution in [3.63, 3.8) is 0 Å². The number of aromatic nitrogens is 1. The first-order valence-corrected chi connectivity index (χ1v) is 9.13. The Morgan fingerprint density at radius 2 is 1.88 bits per heavy atom. The highest BCUT2D eigenvalue weighted by atomic mass is 35.5. The molecule has 0 fully saturated rings. The highest BCUT2D eigenvalue weighted by Crippen LogP contribution is 2.27. The van der Waals surface area contributed by atoms with Crippen LogP contribution in [-0.4, -0.2) is 10.5 Å². The van der Waals surface area contributed by atoms with Crippen LogP contribution in [0.2, 0.25) is 10.0 Å². The van der Waals surface area contributed by atoms with Gasteiger partial charge in [-0.3, -0.25) is 4.79 Å². The maximum absolute atomic E-state index is 12.5. The van der Waals surface area contributed by atoms with Crippen LogP contribution in [0, 0.1) is 0 Å². The van der Waals surface area contributed by atoms with Gasteiger partial charge in [0.15, 0.2) is 4.80 Å². The number of hydrogen-bond donors (Lipinski definition) is 0. The number of carbonyl (C=O) groups is 1. The molecule has 0 unspecified atom stereocenters. The summed E-state index contributed by atoms with van der Waals surface area (Å²) < 4.78 is 3.03. The monoisotopic (exact) mass is 386 g/mol. The minimum atomic E-state index is -0.381. The lowest BCUT2D eigenvalue weighted by atomic mass is 10.1. The van der Waals surface area contributed by atoms with Crippen molar-refractivity contribution in [1.29, 1.82) is 0 Å². The Bertz CT molecular complexity index is 1210. The summed E-state index contributed by atoms with van der Waals surface area (Å²) in [6.45, 7) is 0. The maximum Gasteiger partial charge on any atom is 0.281 e. The molecule has 0 N–H and O–H groups in total. The summed E-state index contributed by atoms with van der Waals surface area (Å²) in [5.41, 5.74) is 1.38. The lowest BCUT2D eigenvalue weighted by molar-refractivity contribution is 0.0998. The summed E-state index contributed by atoms with van der Waals surface area (Å²) in [4.78, 5) is 17.4. The van der Waals surface area contributed by atoms with Crippen molar-refractivity contribution >= 4 is 61.4 Å². The first-order chi connectivity index (χ1) is 12.0. The molecule has 3 nitrogen and oxygen atoms in total. The fraction of sp³-hybridized carbons (Fsp3) is 0.0526. The number of carbonyl (C=O) groups excluding carboxylic acids is 1. The number of nitrogens with zero attached hydrogens (tertiary/aromatic N) is 2. The predicted molar refractivity (Wildman–Crippen MR) is 105 cm³/mol. The van der Waals surface area contributed by atoms with E-state index in [1.54, 1.807) is 18.2 Å². The quantitative estimate of drug-likeness (QED) is 0.428. The fourth-order valence-electron chi connectivity index (χ4n) is 2.77. The highest BCUT2D eigenvalue weighted by molar-refractivity contribution is 7.17. The fourth-order valence-corrected chi connectivity index (χ4v) is 4.41. The van der Waals surface area contributed by atoms with Crippen LogP contribution in [0.3, 0.4) is 0 Å². The number of aryl methyl sites for hydroxylation is 1. The minimum Gasteiger partial charge on any atom is -0.319 e. The Hall–Kier alpha value is -2.14. The molecule has 4 rings (SSSR count). The molecule has 6 heteroatoms. The zero-order valence-electron chi connectivity index (χ0n) is 13.2. The van der Waals surface area contributed by atoms with Gasteiger partial charge in [-0.15, -0.1) is 0 Å². The van der Waals surface area contributed by atoms with Crippen molar-refractivity contribution in [2.45, 2.75) is 0 Å². The number of hydrogen-bond acceptors (Lipinski definition) is 2. The Balaban J connectivity index is 1.91. The van der Waals surface area contributed by atoms with Gasteiger partial charge in [0.25, 0.3) is 5.91 Å². The SMILES string of the molecule is Cn1c(=NC(=O)c2ccc(Cl)cc2Cl)sc2c3ccccc3ccc21. The van der Waals surface area contributed by atoms with E-state index in [1.165, 1.54) is 11.3 Å². The van der Waals surface area contributed by atoms with Gasteiger partial charge in [-0.1, -0.05) is 64.9 Å². The number of halogens is 2. The zero-order valence-corrected chi connectivity index (χ0v) is 15.5. The summed E-state index contributed by atoms with van der Waals surface area (Å²) >= 11 is 13.5. The predicted octanol–water partition coefficient (Wildman–Crippen LogP) is 5.44. The van der Waals surface area contributed by atoms with Crippen molar-refractivity contribution in [2.24, 2.45) is 12.0 Å². The van der Waals surface area contributed by atoms with E-state index >= 15 is 0 Å². The lowest BCUT2D eigenvalue weighted by Gasteiger charge is -2.00. The van der Waals surface area contributed by atoms with Gasteiger partial charge in [0, 0.05) is 17.5 Å². The summed E-state index contributed by atoms with van der Waals surface area (Å²) in [5.74, 6) is -0.381. The first kappa shape index (κ1) is 16.3. The van der Waals surface area contributed by atoms with Crippen LogP contribution in [-0.2, 0) is 7.05 Å². The number of benzene rings is 3. The molecular formula is C19H12Cl2N2OS. The Kier molecular flexibility index (Phi) is 4.12. The van der Waals surface area contributed by atoms with Crippen LogP contribution >= 0.6 is 34.5 Å². The van der Waals surface area contributed by atoms with Crippen molar-refractivity contribution in [1.82, 2.24) is 4.57 Å². The number of amides is 1. The van der Waals surface area contributed by atoms with Crippen LogP contribution in [0.4, 0.5) is 0 Å². The first-order valence-electron chi connectivity index (χ1n) is 7.56. The van der Waals surface area contributed by atoms with Crippen LogP contribution in [0.1, 0.15) is 10.4 Å². The second-order valence-corrected chi connectivity index (χ2v) is 7.44. The van der Waals surface area contributed by atoms with E-state index in [4.69, 9.17) is 23.2 Å². The molecule has 4 aromatic rings. The van der Waals surface area contributed by atoms with E-state index in [2.05, 4.69) is 23.2 Å². The standard InChI is InChI=1S/C19H12Cl2N2OS/c1-23-16-9-6-11-4-2-3-5-13(11)17(16)25-19(23)22-18(24)14-8-7-12(20)10-15(14)21/h2-10H,1H3. The van der Waals surface area contributed by atoms with Gasteiger partial charge in [-0.05, 0) is 29.7 Å². The third-order valence-electron chi connectivity index (χ3n) is 4.06. The van der Waals surface area contributed by atoms with Gasteiger partial charge in [0.1, 0.15) is 0 Å². The molecule has 0 bridgehead atoms. The summed E-state index contributed by atoms with van der Waals surface area (Å²) in [7, 11) is 1.91. The van der Waals surface area contributed by atoms with Crippen LogP contribution in [0.25, 0.3) is 21.0 Å². The van der Waals surface area contributed by atoms with Crippen molar-refractivity contribution < 1.29 is 4.79 Å². The van der Waals surface area contributed by atoms with Crippen molar-refractivity contribution in [3.05, 3.63) is 75.0 Å². The summed E-state index contributed by atoms with van der Waals surface area (Å²) in [6.07, 6.45) is 0. The Labute approximate surface area is 157 Å². The molecule has 0 aliphatic carbocycles. The average molecular weight is 387 g/mol. The summed E-state index contributed by atoms with van der Waals surface area (Å²) in [5, 5.41) is 3.10. The Morgan fingerprint density at radius 1 is 1.08 bits per heavy atom. The second-order valence-electron chi connectivity index (χ2n) is 5.62. The Morgan fingerprint density at radius 3 is 2.68 bits per heavy atom. The third kappa shape index (κ3) is 2.86. The van der Waals surface area contributed by atoms with Gasteiger partial charge in [-0.25, -0.2) is 0 Å².